The fourth-order valence-electron chi connectivity index (χ4n) is 2.32. The Morgan fingerprint density at radius 2 is 2.32 bits per heavy atom. The first-order valence-corrected chi connectivity index (χ1v) is 6.61. The van der Waals surface area contributed by atoms with E-state index in [1.165, 1.54) is 12.1 Å². The number of halogens is 1. The molecule has 2 rings (SSSR count). The first-order chi connectivity index (χ1) is 8.99. The summed E-state index contributed by atoms with van der Waals surface area (Å²) in [7, 11) is 0. The molecule has 106 valence electrons. The van der Waals surface area contributed by atoms with E-state index < -0.39 is 6.10 Å². The Balaban J connectivity index is 1.89. The Hall–Kier alpha value is -1.04. The highest BCUT2D eigenvalue weighted by Crippen LogP contribution is 2.22. The number of hydrogen-bond donors (Lipinski definition) is 1. The van der Waals surface area contributed by atoms with Crippen LogP contribution in [0, 0.1) is 5.82 Å². The van der Waals surface area contributed by atoms with Crippen molar-refractivity contribution >= 4 is 0 Å². The van der Waals surface area contributed by atoms with Gasteiger partial charge in [-0.1, -0.05) is 0 Å². The van der Waals surface area contributed by atoms with Crippen molar-refractivity contribution in [3.8, 4) is 0 Å². The summed E-state index contributed by atoms with van der Waals surface area (Å²) in [6, 6.07) is 2.86. The number of rotatable bonds is 4. The molecule has 1 atom stereocenters. The van der Waals surface area contributed by atoms with E-state index in [4.69, 9.17) is 4.74 Å². The second-order valence-electron chi connectivity index (χ2n) is 5.56. The fraction of sp³-hybridized carbons (Fsp3) is 0.643. The first kappa shape index (κ1) is 14.4. The molecule has 0 amide bonds. The molecule has 1 aromatic rings. The Morgan fingerprint density at radius 3 is 2.95 bits per heavy atom. The summed E-state index contributed by atoms with van der Waals surface area (Å²) in [6.07, 6.45) is 1.07. The molecule has 4 nitrogen and oxygen atoms in total. The van der Waals surface area contributed by atoms with Crippen LogP contribution < -0.4 is 0 Å². The minimum atomic E-state index is -0.653. The first-order valence-electron chi connectivity index (χ1n) is 6.61. The van der Waals surface area contributed by atoms with Gasteiger partial charge in [0.1, 0.15) is 5.82 Å². The minimum absolute atomic E-state index is 0.00576. The maximum absolute atomic E-state index is 12.8. The van der Waals surface area contributed by atoms with E-state index >= 15 is 0 Å². The molecule has 0 aliphatic carbocycles. The Bertz CT molecular complexity index is 408. The standard InChI is InChI=1S/C14H21FN2O2/c1-14(2)10-19-8-7-17(14)6-5-13(18)12-4-3-11(15)9-16-12/h3-4,9,13,18H,5-8,10H2,1-2H3. The number of morpholine rings is 1. The molecule has 1 aliphatic heterocycles. The predicted octanol–water partition coefficient (Wildman–Crippen LogP) is 1.76. The van der Waals surface area contributed by atoms with Crippen molar-refractivity contribution in [2.24, 2.45) is 0 Å². The molecule has 0 spiro atoms. The van der Waals surface area contributed by atoms with Gasteiger partial charge in [-0.25, -0.2) is 4.39 Å². The predicted molar refractivity (Wildman–Crippen MR) is 70.2 cm³/mol. The highest BCUT2D eigenvalue weighted by Gasteiger charge is 2.30. The molecular formula is C14H21FN2O2. The van der Waals surface area contributed by atoms with E-state index in [-0.39, 0.29) is 11.4 Å². The van der Waals surface area contributed by atoms with Crippen molar-refractivity contribution in [2.45, 2.75) is 31.9 Å². The highest BCUT2D eigenvalue weighted by atomic mass is 19.1. The van der Waals surface area contributed by atoms with Gasteiger partial charge in [-0.05, 0) is 32.4 Å². The fourth-order valence-corrected chi connectivity index (χ4v) is 2.32. The Morgan fingerprint density at radius 1 is 1.53 bits per heavy atom. The highest BCUT2D eigenvalue weighted by molar-refractivity contribution is 5.08. The van der Waals surface area contributed by atoms with Gasteiger partial charge in [0.25, 0.3) is 0 Å². The number of ether oxygens (including phenoxy) is 1. The average molecular weight is 268 g/mol. The minimum Gasteiger partial charge on any atom is -0.387 e. The van der Waals surface area contributed by atoms with Crippen molar-refractivity contribution < 1.29 is 14.2 Å². The van der Waals surface area contributed by atoms with Gasteiger partial charge in [-0.3, -0.25) is 9.88 Å². The van der Waals surface area contributed by atoms with Crippen LogP contribution in [0.25, 0.3) is 0 Å². The number of aliphatic hydroxyl groups is 1. The monoisotopic (exact) mass is 268 g/mol. The van der Waals surface area contributed by atoms with E-state index in [0.29, 0.717) is 18.7 Å². The molecule has 2 heterocycles. The molecule has 0 bridgehead atoms. The molecule has 1 fully saturated rings. The van der Waals surface area contributed by atoms with Crippen LogP contribution in [-0.4, -0.2) is 46.8 Å². The lowest BCUT2D eigenvalue weighted by molar-refractivity contribution is -0.0554. The zero-order chi connectivity index (χ0) is 13.9. The smallest absolute Gasteiger partial charge is 0.141 e. The van der Waals surface area contributed by atoms with Crippen molar-refractivity contribution in [3.05, 3.63) is 29.8 Å². The number of hydrogen-bond acceptors (Lipinski definition) is 4. The van der Waals surface area contributed by atoms with Gasteiger partial charge in [0, 0.05) is 18.6 Å². The number of nitrogens with zero attached hydrogens (tertiary/aromatic N) is 2. The van der Waals surface area contributed by atoms with E-state index in [1.54, 1.807) is 0 Å². The zero-order valence-electron chi connectivity index (χ0n) is 11.5. The van der Waals surface area contributed by atoms with Crippen molar-refractivity contribution in [2.75, 3.05) is 26.3 Å². The summed E-state index contributed by atoms with van der Waals surface area (Å²) in [5.74, 6) is -0.384. The molecule has 0 radical (unpaired) electrons. The third-order valence-electron chi connectivity index (χ3n) is 3.58. The number of aliphatic hydroxyl groups excluding tert-OH is 1. The molecule has 1 aromatic heterocycles. The van der Waals surface area contributed by atoms with Gasteiger partial charge in [-0.2, -0.15) is 0 Å². The lowest BCUT2D eigenvalue weighted by Crippen LogP contribution is -2.53. The SMILES string of the molecule is CC1(C)COCCN1CCC(O)c1ccc(F)cn1. The van der Waals surface area contributed by atoms with Crippen LogP contribution in [-0.2, 0) is 4.74 Å². The van der Waals surface area contributed by atoms with Gasteiger partial charge in [0.05, 0.1) is 31.2 Å². The second-order valence-corrected chi connectivity index (χ2v) is 5.56. The summed E-state index contributed by atoms with van der Waals surface area (Å²) >= 11 is 0. The third-order valence-corrected chi connectivity index (χ3v) is 3.58. The summed E-state index contributed by atoms with van der Waals surface area (Å²) in [6.45, 7) is 7.35. The van der Waals surface area contributed by atoms with Crippen LogP contribution in [0.5, 0.6) is 0 Å². The molecule has 1 unspecified atom stereocenters. The van der Waals surface area contributed by atoms with Crippen LogP contribution in [0.3, 0.4) is 0 Å². The van der Waals surface area contributed by atoms with Crippen molar-refractivity contribution in [3.63, 3.8) is 0 Å². The summed E-state index contributed by atoms with van der Waals surface area (Å²) in [4.78, 5) is 6.22. The lowest BCUT2D eigenvalue weighted by atomic mass is 10.0. The van der Waals surface area contributed by atoms with E-state index in [0.717, 1.165) is 25.9 Å². The normalized spacial score (nSPS) is 21.3. The summed E-state index contributed by atoms with van der Waals surface area (Å²) in [5, 5.41) is 10.1. The third kappa shape index (κ3) is 3.72. The molecule has 1 aliphatic rings. The van der Waals surface area contributed by atoms with Crippen LogP contribution in [0.15, 0.2) is 18.3 Å². The van der Waals surface area contributed by atoms with E-state index in [2.05, 4.69) is 23.7 Å². The zero-order valence-corrected chi connectivity index (χ0v) is 11.5. The van der Waals surface area contributed by atoms with Crippen LogP contribution >= 0.6 is 0 Å². The molecule has 5 heteroatoms. The Labute approximate surface area is 113 Å². The van der Waals surface area contributed by atoms with Crippen molar-refractivity contribution in [1.29, 1.82) is 0 Å². The molecule has 0 saturated carbocycles. The molecule has 19 heavy (non-hydrogen) atoms. The topological polar surface area (TPSA) is 45.6 Å². The maximum Gasteiger partial charge on any atom is 0.141 e. The quantitative estimate of drug-likeness (QED) is 0.903. The van der Waals surface area contributed by atoms with Crippen molar-refractivity contribution in [1.82, 2.24) is 9.88 Å². The van der Waals surface area contributed by atoms with Gasteiger partial charge in [-0.15, -0.1) is 0 Å². The van der Waals surface area contributed by atoms with Crippen LogP contribution in [0.4, 0.5) is 4.39 Å². The molecule has 0 aromatic carbocycles. The molecule has 1 saturated heterocycles. The van der Waals surface area contributed by atoms with Gasteiger partial charge < -0.3 is 9.84 Å². The average Bonchev–Trinajstić information content (AvgIpc) is 2.37. The van der Waals surface area contributed by atoms with Crippen LogP contribution in [0.1, 0.15) is 32.1 Å². The number of pyridine rings is 1. The largest absolute Gasteiger partial charge is 0.387 e. The summed E-state index contributed by atoms with van der Waals surface area (Å²) in [5.41, 5.74) is 0.515. The summed E-state index contributed by atoms with van der Waals surface area (Å²) < 4.78 is 18.2. The van der Waals surface area contributed by atoms with Gasteiger partial charge in [0.2, 0.25) is 0 Å². The Kier molecular flexibility index (Phi) is 4.50. The number of aromatic nitrogens is 1. The van der Waals surface area contributed by atoms with Gasteiger partial charge in [0.15, 0.2) is 0 Å². The molecule has 1 N–H and O–H groups in total. The van der Waals surface area contributed by atoms with Gasteiger partial charge >= 0.3 is 0 Å². The lowest BCUT2D eigenvalue weighted by Gasteiger charge is -2.42. The maximum atomic E-state index is 12.8. The molecular weight excluding hydrogens is 247 g/mol. The van der Waals surface area contributed by atoms with E-state index in [9.17, 15) is 9.50 Å². The van der Waals surface area contributed by atoms with E-state index in [1.807, 2.05) is 0 Å². The van der Waals surface area contributed by atoms with Crippen LogP contribution in [0.2, 0.25) is 0 Å². The second kappa shape index (κ2) is 5.94.